The number of nitrogens with one attached hydrogen (secondary N) is 1. The highest BCUT2D eigenvalue weighted by Gasteiger charge is 2.10. The topological polar surface area (TPSA) is 54.7 Å². The maximum Gasteiger partial charge on any atom is 0.124 e. The van der Waals surface area contributed by atoms with E-state index in [1.54, 1.807) is 11.8 Å². The van der Waals surface area contributed by atoms with Gasteiger partial charge in [0.15, 0.2) is 0 Å². The maximum absolute atomic E-state index is 6.06. The number of hydrogen-bond donors (Lipinski definition) is 2. The molecule has 0 aliphatic rings. The van der Waals surface area contributed by atoms with Gasteiger partial charge in [-0.15, -0.1) is 0 Å². The fraction of sp³-hybridized carbons (Fsp3) is 0.364. The van der Waals surface area contributed by atoms with Crippen LogP contribution in [-0.4, -0.2) is 22.0 Å². The van der Waals surface area contributed by atoms with Gasteiger partial charge in [0.2, 0.25) is 0 Å². The van der Waals surface area contributed by atoms with Crippen molar-refractivity contribution in [2.24, 2.45) is 5.73 Å². The summed E-state index contributed by atoms with van der Waals surface area (Å²) in [5.74, 6) is 1.93. The van der Waals surface area contributed by atoms with Crippen LogP contribution in [0.4, 0.5) is 0 Å². The van der Waals surface area contributed by atoms with Crippen molar-refractivity contribution in [2.75, 3.05) is 12.0 Å². The summed E-state index contributed by atoms with van der Waals surface area (Å²) < 4.78 is 1.05. The summed E-state index contributed by atoms with van der Waals surface area (Å²) in [6, 6.07) is 5.99. The first-order chi connectivity index (χ1) is 7.70. The average Bonchev–Trinajstić information content (AvgIpc) is 2.68. The SMILES string of the molecule is CSCC[C@@H](N)c1nc2ccc(Br)cc2[nH]1. The molecule has 16 heavy (non-hydrogen) atoms. The largest absolute Gasteiger partial charge is 0.341 e. The first-order valence-electron chi connectivity index (χ1n) is 5.10. The first-order valence-corrected chi connectivity index (χ1v) is 7.29. The first kappa shape index (κ1) is 12.0. The minimum absolute atomic E-state index is 0.00127. The fourth-order valence-electron chi connectivity index (χ4n) is 1.56. The Balaban J connectivity index is 2.25. The molecule has 0 bridgehead atoms. The highest BCUT2D eigenvalue weighted by Crippen LogP contribution is 2.21. The summed E-state index contributed by atoms with van der Waals surface area (Å²) in [6.07, 6.45) is 3.03. The monoisotopic (exact) mass is 299 g/mol. The van der Waals surface area contributed by atoms with E-state index in [0.717, 1.165) is 33.5 Å². The highest BCUT2D eigenvalue weighted by molar-refractivity contribution is 9.10. The minimum Gasteiger partial charge on any atom is -0.341 e. The van der Waals surface area contributed by atoms with E-state index in [9.17, 15) is 0 Å². The zero-order valence-corrected chi connectivity index (χ0v) is 11.4. The molecule has 1 aromatic carbocycles. The molecule has 0 saturated heterocycles. The summed E-state index contributed by atoms with van der Waals surface area (Å²) in [7, 11) is 0. The number of thioether (sulfide) groups is 1. The smallest absolute Gasteiger partial charge is 0.124 e. The predicted molar refractivity (Wildman–Crippen MR) is 73.7 cm³/mol. The molecule has 0 spiro atoms. The molecule has 1 aromatic heterocycles. The minimum atomic E-state index is -0.00127. The third kappa shape index (κ3) is 2.59. The number of nitrogens with zero attached hydrogens (tertiary/aromatic N) is 1. The third-order valence-electron chi connectivity index (χ3n) is 2.45. The average molecular weight is 300 g/mol. The second-order valence-corrected chi connectivity index (χ2v) is 5.57. The summed E-state index contributed by atoms with van der Waals surface area (Å²) in [6.45, 7) is 0. The van der Waals surface area contributed by atoms with Gasteiger partial charge in [0, 0.05) is 4.47 Å². The number of hydrogen-bond acceptors (Lipinski definition) is 3. The Morgan fingerprint density at radius 2 is 2.38 bits per heavy atom. The second kappa shape index (κ2) is 5.21. The van der Waals surface area contributed by atoms with Gasteiger partial charge in [-0.05, 0) is 36.6 Å². The van der Waals surface area contributed by atoms with Crippen LogP contribution < -0.4 is 5.73 Å². The number of aromatic nitrogens is 2. The number of nitrogens with two attached hydrogens (primary N) is 1. The molecule has 2 rings (SSSR count). The van der Waals surface area contributed by atoms with Gasteiger partial charge >= 0.3 is 0 Å². The summed E-state index contributed by atoms with van der Waals surface area (Å²) in [4.78, 5) is 7.77. The Kier molecular flexibility index (Phi) is 3.89. The lowest BCUT2D eigenvalue weighted by molar-refractivity contribution is 0.666. The Bertz CT molecular complexity index is 483. The summed E-state index contributed by atoms with van der Waals surface area (Å²) in [5.41, 5.74) is 8.07. The van der Waals surface area contributed by atoms with Crippen molar-refractivity contribution in [3.05, 3.63) is 28.5 Å². The van der Waals surface area contributed by atoms with Gasteiger partial charge in [0.05, 0.1) is 17.1 Å². The molecule has 0 saturated carbocycles. The van der Waals surface area contributed by atoms with Crippen LogP contribution >= 0.6 is 27.7 Å². The molecule has 3 N–H and O–H groups in total. The van der Waals surface area contributed by atoms with E-state index in [4.69, 9.17) is 5.73 Å². The van der Waals surface area contributed by atoms with Crippen LogP contribution in [0.15, 0.2) is 22.7 Å². The number of aromatic amines is 1. The number of halogens is 1. The molecular formula is C11H14BrN3S. The van der Waals surface area contributed by atoms with E-state index < -0.39 is 0 Å². The van der Waals surface area contributed by atoms with E-state index in [1.165, 1.54) is 0 Å². The van der Waals surface area contributed by atoms with Gasteiger partial charge in [0.1, 0.15) is 5.82 Å². The molecule has 0 aliphatic carbocycles. The Labute approximate surface area is 107 Å². The normalized spacial score (nSPS) is 13.2. The molecule has 2 aromatic rings. The van der Waals surface area contributed by atoms with Crippen LogP contribution in [0, 0.1) is 0 Å². The number of H-pyrrole nitrogens is 1. The van der Waals surface area contributed by atoms with Crippen LogP contribution in [0.5, 0.6) is 0 Å². The third-order valence-corrected chi connectivity index (χ3v) is 3.58. The quantitative estimate of drug-likeness (QED) is 0.912. The van der Waals surface area contributed by atoms with Crippen molar-refractivity contribution >= 4 is 38.7 Å². The van der Waals surface area contributed by atoms with Crippen molar-refractivity contribution < 1.29 is 0 Å². The molecule has 0 amide bonds. The van der Waals surface area contributed by atoms with E-state index in [-0.39, 0.29) is 6.04 Å². The van der Waals surface area contributed by atoms with Gasteiger partial charge in [0.25, 0.3) is 0 Å². The fourth-order valence-corrected chi connectivity index (χ4v) is 2.41. The van der Waals surface area contributed by atoms with Crippen LogP contribution in [0.1, 0.15) is 18.3 Å². The lowest BCUT2D eigenvalue weighted by Gasteiger charge is -2.06. The Hall–Kier alpha value is -0.520. The molecule has 0 aliphatic heterocycles. The van der Waals surface area contributed by atoms with E-state index in [2.05, 4.69) is 32.2 Å². The number of imidazole rings is 1. The molecule has 0 unspecified atom stereocenters. The van der Waals surface area contributed by atoms with Crippen molar-refractivity contribution in [1.82, 2.24) is 9.97 Å². The van der Waals surface area contributed by atoms with E-state index in [0.29, 0.717) is 0 Å². The van der Waals surface area contributed by atoms with E-state index in [1.807, 2.05) is 18.2 Å². The molecule has 3 nitrogen and oxygen atoms in total. The van der Waals surface area contributed by atoms with Crippen molar-refractivity contribution in [2.45, 2.75) is 12.5 Å². The predicted octanol–water partition coefficient (Wildman–Crippen LogP) is 3.08. The van der Waals surface area contributed by atoms with Crippen LogP contribution in [-0.2, 0) is 0 Å². The van der Waals surface area contributed by atoms with Crippen LogP contribution in [0.25, 0.3) is 11.0 Å². The molecule has 5 heteroatoms. The Morgan fingerprint density at radius 3 is 3.12 bits per heavy atom. The number of benzene rings is 1. The maximum atomic E-state index is 6.06. The Morgan fingerprint density at radius 1 is 1.56 bits per heavy atom. The molecule has 0 fully saturated rings. The van der Waals surface area contributed by atoms with E-state index >= 15 is 0 Å². The van der Waals surface area contributed by atoms with Gasteiger partial charge < -0.3 is 10.7 Å². The number of rotatable bonds is 4. The van der Waals surface area contributed by atoms with Crippen LogP contribution in [0.2, 0.25) is 0 Å². The highest BCUT2D eigenvalue weighted by atomic mass is 79.9. The lowest BCUT2D eigenvalue weighted by atomic mass is 10.2. The molecule has 86 valence electrons. The van der Waals surface area contributed by atoms with Gasteiger partial charge in [-0.1, -0.05) is 15.9 Å². The lowest BCUT2D eigenvalue weighted by Crippen LogP contribution is -2.12. The van der Waals surface area contributed by atoms with Crippen molar-refractivity contribution in [3.8, 4) is 0 Å². The zero-order valence-electron chi connectivity index (χ0n) is 9.03. The molecular weight excluding hydrogens is 286 g/mol. The summed E-state index contributed by atoms with van der Waals surface area (Å²) in [5, 5.41) is 0. The van der Waals surface area contributed by atoms with Gasteiger partial charge in [-0.25, -0.2) is 4.98 Å². The molecule has 1 atom stereocenters. The van der Waals surface area contributed by atoms with Gasteiger partial charge in [-0.3, -0.25) is 0 Å². The molecule has 1 heterocycles. The standard InChI is InChI=1S/C11H14BrN3S/c1-16-5-4-8(13)11-14-9-3-2-7(12)6-10(9)15-11/h2-3,6,8H,4-5,13H2,1H3,(H,14,15)/t8-/m1/s1. The number of fused-ring (bicyclic) bond motifs is 1. The van der Waals surface area contributed by atoms with Crippen LogP contribution in [0.3, 0.4) is 0 Å². The van der Waals surface area contributed by atoms with Gasteiger partial charge in [-0.2, -0.15) is 11.8 Å². The zero-order chi connectivity index (χ0) is 11.5. The molecule has 0 radical (unpaired) electrons. The second-order valence-electron chi connectivity index (χ2n) is 3.67. The van der Waals surface area contributed by atoms with Crippen molar-refractivity contribution in [3.63, 3.8) is 0 Å². The summed E-state index contributed by atoms with van der Waals surface area (Å²) >= 11 is 5.24. The van der Waals surface area contributed by atoms with Crippen molar-refractivity contribution in [1.29, 1.82) is 0 Å².